The first kappa shape index (κ1) is 14.5. The van der Waals surface area contributed by atoms with Crippen molar-refractivity contribution in [2.75, 3.05) is 7.11 Å². The zero-order chi connectivity index (χ0) is 14.4. The second-order valence-corrected chi connectivity index (χ2v) is 4.65. The van der Waals surface area contributed by atoms with Gasteiger partial charge in [0.2, 0.25) is 0 Å². The third-order valence-corrected chi connectivity index (χ3v) is 3.20. The number of aromatic nitrogens is 1. The molecule has 0 bridgehead atoms. The van der Waals surface area contributed by atoms with Crippen molar-refractivity contribution >= 4 is 17.5 Å². The van der Waals surface area contributed by atoms with E-state index in [9.17, 15) is 4.79 Å². The van der Waals surface area contributed by atoms with Crippen LogP contribution in [0, 0.1) is 0 Å². The molecule has 5 heteroatoms. The van der Waals surface area contributed by atoms with Crippen molar-refractivity contribution in [2.45, 2.75) is 13.2 Å². The minimum atomic E-state index is -0.240. The quantitative estimate of drug-likeness (QED) is 0.921. The monoisotopic (exact) mass is 290 g/mol. The first-order valence-electron chi connectivity index (χ1n) is 6.16. The Kier molecular flexibility index (Phi) is 5.09. The summed E-state index contributed by atoms with van der Waals surface area (Å²) in [7, 11) is 1.64. The van der Waals surface area contributed by atoms with Gasteiger partial charge in [-0.05, 0) is 17.2 Å². The van der Waals surface area contributed by atoms with Gasteiger partial charge in [-0.1, -0.05) is 35.9 Å². The highest BCUT2D eigenvalue weighted by Crippen LogP contribution is 2.14. The van der Waals surface area contributed by atoms with Crippen molar-refractivity contribution in [3.05, 3.63) is 64.4 Å². The molecule has 0 saturated carbocycles. The summed E-state index contributed by atoms with van der Waals surface area (Å²) in [5.74, 6) is -0.240. The van der Waals surface area contributed by atoms with E-state index in [-0.39, 0.29) is 5.91 Å². The fourth-order valence-electron chi connectivity index (χ4n) is 1.84. The summed E-state index contributed by atoms with van der Waals surface area (Å²) < 4.78 is 5.14. The van der Waals surface area contributed by atoms with Crippen LogP contribution < -0.4 is 5.32 Å². The lowest BCUT2D eigenvalue weighted by molar-refractivity contribution is 0.0950. The van der Waals surface area contributed by atoms with Gasteiger partial charge in [0.05, 0.1) is 17.2 Å². The lowest BCUT2D eigenvalue weighted by atomic mass is 10.1. The van der Waals surface area contributed by atoms with Crippen LogP contribution >= 0.6 is 11.6 Å². The number of rotatable bonds is 5. The number of carbonyl (C=O) groups excluding carboxylic acids is 1. The van der Waals surface area contributed by atoms with Crippen LogP contribution in [0.25, 0.3) is 0 Å². The van der Waals surface area contributed by atoms with Gasteiger partial charge < -0.3 is 10.1 Å². The van der Waals surface area contributed by atoms with Crippen molar-refractivity contribution < 1.29 is 9.53 Å². The van der Waals surface area contributed by atoms with E-state index in [1.165, 1.54) is 6.20 Å². The molecular weight excluding hydrogens is 276 g/mol. The van der Waals surface area contributed by atoms with Gasteiger partial charge in [0.1, 0.15) is 0 Å². The molecule has 0 atom stereocenters. The number of methoxy groups -OCH3 is 1. The van der Waals surface area contributed by atoms with Gasteiger partial charge in [-0.3, -0.25) is 9.78 Å². The predicted molar refractivity (Wildman–Crippen MR) is 77.6 cm³/mol. The molecule has 0 fully saturated rings. The number of halogens is 1. The molecule has 0 aliphatic rings. The predicted octanol–water partition coefficient (Wildman–Crippen LogP) is 2.81. The molecule has 0 aliphatic heterocycles. The molecule has 2 aromatic rings. The van der Waals surface area contributed by atoms with E-state index in [0.29, 0.717) is 23.7 Å². The summed E-state index contributed by atoms with van der Waals surface area (Å²) in [5.41, 5.74) is 2.44. The zero-order valence-corrected chi connectivity index (χ0v) is 11.9. The second kappa shape index (κ2) is 7.03. The van der Waals surface area contributed by atoms with E-state index in [4.69, 9.17) is 16.3 Å². The number of nitrogens with one attached hydrogen (secondary N) is 1. The van der Waals surface area contributed by atoms with Crippen molar-refractivity contribution in [3.63, 3.8) is 0 Å². The Bertz CT molecular complexity index is 602. The summed E-state index contributed by atoms with van der Waals surface area (Å²) in [6.07, 6.45) is 3.01. The molecule has 1 amide bonds. The molecule has 2 rings (SSSR count). The van der Waals surface area contributed by atoms with Gasteiger partial charge in [-0.25, -0.2) is 0 Å². The highest BCUT2D eigenvalue weighted by Gasteiger charge is 2.10. The van der Waals surface area contributed by atoms with Crippen LogP contribution in [-0.4, -0.2) is 18.0 Å². The molecule has 1 aromatic carbocycles. The maximum atomic E-state index is 12.0. The fourth-order valence-corrected chi connectivity index (χ4v) is 2.03. The smallest absolute Gasteiger partial charge is 0.254 e. The molecule has 0 spiro atoms. The first-order chi connectivity index (χ1) is 9.72. The zero-order valence-electron chi connectivity index (χ0n) is 11.1. The van der Waals surface area contributed by atoms with Crippen molar-refractivity contribution in [2.24, 2.45) is 0 Å². The molecule has 104 valence electrons. The van der Waals surface area contributed by atoms with E-state index in [1.807, 2.05) is 24.3 Å². The van der Waals surface area contributed by atoms with Crippen molar-refractivity contribution in [1.82, 2.24) is 10.3 Å². The third kappa shape index (κ3) is 3.56. The highest BCUT2D eigenvalue weighted by molar-refractivity contribution is 6.33. The molecular formula is C15H15ClN2O2. The maximum Gasteiger partial charge on any atom is 0.254 e. The normalized spacial score (nSPS) is 10.3. The SMILES string of the molecule is COCc1ccccc1CNC(=O)c1cnccc1Cl. The molecule has 4 nitrogen and oxygen atoms in total. The van der Waals surface area contributed by atoms with E-state index >= 15 is 0 Å². The van der Waals surface area contributed by atoms with Gasteiger partial charge in [0.25, 0.3) is 5.91 Å². The molecule has 0 aliphatic carbocycles. The topological polar surface area (TPSA) is 51.2 Å². The number of hydrogen-bond acceptors (Lipinski definition) is 3. The van der Waals surface area contributed by atoms with Crippen LogP contribution in [0.2, 0.25) is 5.02 Å². The minimum absolute atomic E-state index is 0.240. The van der Waals surface area contributed by atoms with E-state index in [0.717, 1.165) is 11.1 Å². The van der Waals surface area contributed by atoms with E-state index in [2.05, 4.69) is 10.3 Å². The minimum Gasteiger partial charge on any atom is -0.380 e. The summed E-state index contributed by atoms with van der Waals surface area (Å²) in [5, 5.41) is 3.23. The number of nitrogens with zero attached hydrogens (tertiary/aromatic N) is 1. The van der Waals surface area contributed by atoms with Crippen LogP contribution in [0.5, 0.6) is 0 Å². The molecule has 20 heavy (non-hydrogen) atoms. The van der Waals surface area contributed by atoms with Crippen LogP contribution in [0.1, 0.15) is 21.5 Å². The third-order valence-electron chi connectivity index (χ3n) is 2.87. The lowest BCUT2D eigenvalue weighted by Crippen LogP contribution is -2.23. The second-order valence-electron chi connectivity index (χ2n) is 4.24. The van der Waals surface area contributed by atoms with Gasteiger partial charge in [-0.2, -0.15) is 0 Å². The lowest BCUT2D eigenvalue weighted by Gasteiger charge is -2.10. The highest BCUT2D eigenvalue weighted by atomic mass is 35.5. The van der Waals surface area contributed by atoms with Crippen LogP contribution in [0.3, 0.4) is 0 Å². The molecule has 0 radical (unpaired) electrons. The Labute approximate surface area is 122 Å². The molecule has 1 heterocycles. The van der Waals surface area contributed by atoms with E-state index < -0.39 is 0 Å². The van der Waals surface area contributed by atoms with Gasteiger partial charge in [0, 0.05) is 26.0 Å². The summed E-state index contributed by atoms with van der Waals surface area (Å²) >= 11 is 5.96. The summed E-state index contributed by atoms with van der Waals surface area (Å²) in [6, 6.07) is 9.40. The number of carbonyl (C=O) groups is 1. The van der Waals surface area contributed by atoms with Crippen molar-refractivity contribution in [1.29, 1.82) is 0 Å². The number of pyridine rings is 1. The average molecular weight is 291 g/mol. The van der Waals surface area contributed by atoms with Crippen LogP contribution in [0.4, 0.5) is 0 Å². The Hall–Kier alpha value is -1.91. The van der Waals surface area contributed by atoms with Crippen molar-refractivity contribution in [3.8, 4) is 0 Å². The Morgan fingerprint density at radius 2 is 2.05 bits per heavy atom. The van der Waals surface area contributed by atoms with Crippen LogP contribution in [-0.2, 0) is 17.9 Å². The summed E-state index contributed by atoms with van der Waals surface area (Å²) in [4.78, 5) is 15.9. The van der Waals surface area contributed by atoms with Gasteiger partial charge in [-0.15, -0.1) is 0 Å². The molecule has 0 unspecified atom stereocenters. The van der Waals surface area contributed by atoms with Gasteiger partial charge in [0.15, 0.2) is 0 Å². The average Bonchev–Trinajstić information content (AvgIpc) is 2.47. The molecule has 1 N–H and O–H groups in total. The standard InChI is InChI=1S/C15H15ClN2O2/c1-20-10-12-5-3-2-4-11(12)8-18-15(19)13-9-17-7-6-14(13)16/h2-7,9H,8,10H2,1H3,(H,18,19). The van der Waals surface area contributed by atoms with Crippen LogP contribution in [0.15, 0.2) is 42.7 Å². The number of hydrogen-bond donors (Lipinski definition) is 1. The Morgan fingerprint density at radius 3 is 2.75 bits per heavy atom. The Morgan fingerprint density at radius 1 is 1.30 bits per heavy atom. The van der Waals surface area contributed by atoms with Gasteiger partial charge >= 0.3 is 0 Å². The maximum absolute atomic E-state index is 12.0. The largest absolute Gasteiger partial charge is 0.380 e. The summed E-state index contributed by atoms with van der Waals surface area (Å²) in [6.45, 7) is 0.934. The number of benzene rings is 1. The van der Waals surface area contributed by atoms with E-state index in [1.54, 1.807) is 19.4 Å². The molecule has 0 saturated heterocycles. The number of ether oxygens (including phenoxy) is 1. The number of amides is 1. The fraction of sp³-hybridized carbons (Fsp3) is 0.200. The molecule has 1 aromatic heterocycles. The first-order valence-corrected chi connectivity index (χ1v) is 6.53. The Balaban J connectivity index is 2.06.